The molecule has 12 heterocycles. The fourth-order valence-corrected chi connectivity index (χ4v) is 13.5. The number of pyridine rings is 3. The Morgan fingerprint density at radius 3 is 1.32 bits per heavy atom. The molecule has 0 bridgehead atoms. The van der Waals surface area contributed by atoms with Crippen LogP contribution >= 0.6 is 0 Å². The zero-order chi connectivity index (χ0) is 76.8. The van der Waals surface area contributed by atoms with Crippen molar-refractivity contribution < 1.29 is 14.2 Å². The van der Waals surface area contributed by atoms with Crippen LogP contribution in [0.5, 0.6) is 0 Å². The number of allylic oxidation sites excluding steroid dienone is 3. The molecule has 0 saturated carbocycles. The molecule has 0 radical (unpaired) electrons. The summed E-state index contributed by atoms with van der Waals surface area (Å²) in [6, 6.07) is 21.6. The van der Waals surface area contributed by atoms with Gasteiger partial charge in [0.2, 0.25) is 0 Å². The van der Waals surface area contributed by atoms with E-state index in [1.54, 1.807) is 6.20 Å². The normalized spacial score (nSPS) is 16.9. The van der Waals surface area contributed by atoms with Crippen LogP contribution in [0.3, 0.4) is 0 Å². The molecule has 10 aromatic heterocycles. The Balaban J connectivity index is 0.000000145. The minimum atomic E-state index is 0.368. The molecule has 30 heteroatoms. The van der Waals surface area contributed by atoms with Crippen LogP contribution in [-0.4, -0.2) is 303 Å². The highest BCUT2D eigenvalue weighted by atomic mass is 16.5. The number of H-pyrrole nitrogens is 3. The Kier molecular flexibility index (Phi) is 25.2. The van der Waals surface area contributed by atoms with Crippen molar-refractivity contribution in [3.05, 3.63) is 180 Å². The van der Waals surface area contributed by atoms with Gasteiger partial charge < -0.3 is 79.1 Å². The molecular formula is C80H105N27O3. The number of nitrogens with zero attached hydrogens (tertiary/aromatic N) is 18. The van der Waals surface area contributed by atoms with E-state index in [-0.39, 0.29) is 0 Å². The summed E-state index contributed by atoms with van der Waals surface area (Å²) >= 11 is 0. The van der Waals surface area contributed by atoms with E-state index < -0.39 is 0 Å². The van der Waals surface area contributed by atoms with Crippen molar-refractivity contribution in [3.8, 4) is 0 Å². The SMILES string of the molecule is CN(C)CCNc1nn2ccccc2c1N=C1C=C(OCCCN2CCN(C)CC2)c2[nH]ccc2C1=N.CN(C)CCNc1nn2ccccc2c1N=C1C=C(OCCN2CCN(C)CC2)c2[nH]ccc2C1=N.Cc1[nH]c2c(c1C)C(=N)C(=Nc1c(NCCN(C)C)nn3ccccc13)C=C2OCCCn1ccnc1. The van der Waals surface area contributed by atoms with Gasteiger partial charge in [0.25, 0.3) is 0 Å². The van der Waals surface area contributed by atoms with Gasteiger partial charge in [-0.2, -0.15) is 0 Å². The Bertz CT molecular complexity index is 5030. The number of fused-ring (bicyclic) bond motifs is 6. The third-order valence-electron chi connectivity index (χ3n) is 20.0. The van der Waals surface area contributed by atoms with Crippen molar-refractivity contribution in [2.24, 2.45) is 15.0 Å². The number of aryl methyl sites for hydroxylation is 2. The second-order valence-corrected chi connectivity index (χ2v) is 29.0. The van der Waals surface area contributed by atoms with Crippen molar-refractivity contribution in [2.75, 3.05) is 197 Å². The topological polar surface area (TPSA) is 312 Å². The fourth-order valence-electron chi connectivity index (χ4n) is 13.5. The van der Waals surface area contributed by atoms with Gasteiger partial charge in [0, 0.05) is 195 Å². The number of hydrogen-bond donors (Lipinski definition) is 9. The van der Waals surface area contributed by atoms with E-state index in [4.69, 9.17) is 60.7 Å². The first-order chi connectivity index (χ1) is 53.4. The Hall–Kier alpha value is -11.1. The lowest BCUT2D eigenvalue weighted by Crippen LogP contribution is -2.45. The number of aromatic nitrogens is 11. The molecule has 0 spiro atoms. The van der Waals surface area contributed by atoms with Crippen molar-refractivity contribution in [1.29, 1.82) is 16.2 Å². The molecule has 9 N–H and O–H groups in total. The van der Waals surface area contributed by atoms with Gasteiger partial charge in [0.1, 0.15) is 40.9 Å². The van der Waals surface area contributed by atoms with Gasteiger partial charge in [0.15, 0.2) is 17.5 Å². The number of imidazole rings is 1. The molecule has 0 aromatic carbocycles. The molecular weight excluding hydrogens is 1390 g/mol. The molecule has 578 valence electrons. The van der Waals surface area contributed by atoms with Gasteiger partial charge >= 0.3 is 0 Å². The van der Waals surface area contributed by atoms with Crippen LogP contribution in [0.1, 0.15) is 57.9 Å². The van der Waals surface area contributed by atoms with Gasteiger partial charge in [-0.3, -0.25) is 21.1 Å². The third kappa shape index (κ3) is 18.6. The number of ether oxygens (including phenoxy) is 3. The largest absolute Gasteiger partial charge is 0.491 e. The van der Waals surface area contributed by atoms with Gasteiger partial charge in [-0.05, 0) is 137 Å². The molecule has 15 rings (SSSR count). The molecule has 2 saturated heterocycles. The van der Waals surface area contributed by atoms with Gasteiger partial charge in [-0.15, -0.1) is 15.3 Å². The number of aromatic amines is 3. The van der Waals surface area contributed by atoms with E-state index in [1.807, 2.05) is 203 Å². The zero-order valence-corrected chi connectivity index (χ0v) is 65.0. The van der Waals surface area contributed by atoms with E-state index in [0.29, 0.717) is 83.0 Å². The molecule has 2 aliphatic heterocycles. The first kappa shape index (κ1) is 77.1. The van der Waals surface area contributed by atoms with Gasteiger partial charge in [0.05, 0.1) is 87.4 Å². The third-order valence-corrected chi connectivity index (χ3v) is 20.0. The van der Waals surface area contributed by atoms with E-state index in [0.717, 1.165) is 209 Å². The quantitative estimate of drug-likeness (QED) is 0.0197. The maximum absolute atomic E-state index is 9.04. The number of aliphatic imine (C=N–C) groups is 3. The van der Waals surface area contributed by atoms with E-state index in [1.165, 1.54) is 0 Å². The average Bonchev–Trinajstić information content (AvgIpc) is 1.59. The lowest BCUT2D eigenvalue weighted by molar-refractivity contribution is 0.127. The number of nitrogens with one attached hydrogen (secondary N) is 9. The number of likely N-dealkylation sites (N-methyl/N-ethyl adjacent to an activating group) is 5. The molecule has 2 fully saturated rings. The summed E-state index contributed by atoms with van der Waals surface area (Å²) in [4.78, 5) is 45.0. The minimum Gasteiger partial charge on any atom is -0.491 e. The van der Waals surface area contributed by atoms with E-state index in [9.17, 15) is 0 Å². The molecule has 5 aliphatic rings. The van der Waals surface area contributed by atoms with Crippen molar-refractivity contribution >= 4 is 103 Å². The standard InChI is InChI=1S/C27H33N9O.C27H37N9O.C26H35N9O/c1-18-19(2)31-26-22(37-15-7-11-35-14-9-29-17-35)16-20(24(28)23(18)26)32-25-21-8-5-6-12-36(21)33-27(25)30-10-13-34(3)4;1-33(2)13-10-30-27-26(22-7-4-5-12-36(22)32-27)31-21-19-23(25-20(24(21)28)8-9-29-25)37-18-6-11-35-16-14-34(3)15-17-35;1-32(2)11-9-29-26-25(21-6-4-5-10-35(21)31-26)30-20-18-22(24-19(23(20)27)7-8-28-24)36-17-16-34-14-12-33(3)13-15-34/h5-6,8-9,12,14,16-17,28,31H,7,10-11,13,15H2,1-4H3,(H,30,33);4-5,7-9,12,19,28-29H,6,10-11,13-18H2,1-3H3,(H,30,32);4-8,10,18,27-28H,9,11-17H2,1-3H3,(H,29,31). The maximum atomic E-state index is 9.04. The van der Waals surface area contributed by atoms with Crippen LogP contribution in [0.2, 0.25) is 0 Å². The molecule has 30 nitrogen and oxygen atoms in total. The van der Waals surface area contributed by atoms with Crippen molar-refractivity contribution in [1.82, 2.24) is 87.6 Å². The molecule has 0 amide bonds. The number of rotatable bonds is 29. The second-order valence-electron chi connectivity index (χ2n) is 29.0. The van der Waals surface area contributed by atoms with Crippen LogP contribution < -0.4 is 16.0 Å². The molecule has 110 heavy (non-hydrogen) atoms. The second kappa shape index (κ2) is 35.9. The summed E-state index contributed by atoms with van der Waals surface area (Å²) in [7, 11) is 16.6. The Morgan fingerprint density at radius 2 is 0.891 bits per heavy atom. The number of piperazine rings is 2. The molecule has 0 atom stereocenters. The van der Waals surface area contributed by atoms with Crippen LogP contribution in [-0.2, 0) is 20.8 Å². The zero-order valence-electron chi connectivity index (χ0n) is 65.0. The highest BCUT2D eigenvalue weighted by Crippen LogP contribution is 2.38. The van der Waals surface area contributed by atoms with Crippen molar-refractivity contribution in [3.63, 3.8) is 0 Å². The molecule has 0 unspecified atom stereocenters. The monoisotopic (exact) mass is 1490 g/mol. The number of hydrogen-bond acceptors (Lipinski definition) is 23. The average molecular weight is 1490 g/mol. The predicted octanol–water partition coefficient (Wildman–Crippen LogP) is 9.23. The lowest BCUT2D eigenvalue weighted by atomic mass is 9.95. The van der Waals surface area contributed by atoms with Gasteiger partial charge in [-0.25, -0.2) is 33.5 Å². The van der Waals surface area contributed by atoms with Gasteiger partial charge in [-0.1, -0.05) is 18.2 Å². The van der Waals surface area contributed by atoms with Crippen LogP contribution in [0, 0.1) is 30.1 Å². The summed E-state index contributed by atoms with van der Waals surface area (Å²) < 4.78 is 26.3. The minimum absolute atomic E-state index is 0.368. The van der Waals surface area contributed by atoms with E-state index >= 15 is 0 Å². The van der Waals surface area contributed by atoms with Crippen LogP contribution in [0.25, 0.3) is 33.8 Å². The fraction of sp³-hybridized carbons (Fsp3) is 0.400. The Labute approximate surface area is 642 Å². The maximum Gasteiger partial charge on any atom is 0.175 e. The summed E-state index contributed by atoms with van der Waals surface area (Å²) in [5.41, 5.74) is 14.6. The smallest absolute Gasteiger partial charge is 0.175 e. The summed E-state index contributed by atoms with van der Waals surface area (Å²) in [5.74, 6) is 4.25. The summed E-state index contributed by atoms with van der Waals surface area (Å²) in [6.45, 7) is 22.1. The highest BCUT2D eigenvalue weighted by molar-refractivity contribution is 6.55. The van der Waals surface area contributed by atoms with E-state index in [2.05, 4.69) is 84.3 Å². The number of anilines is 3. The van der Waals surface area contributed by atoms with Crippen LogP contribution in [0.15, 0.2) is 150 Å². The summed E-state index contributed by atoms with van der Waals surface area (Å²) in [5, 5.41) is 51.1. The molecule has 3 aliphatic carbocycles. The molecule has 10 aromatic rings. The Morgan fingerprint density at radius 1 is 0.482 bits per heavy atom. The first-order valence-electron chi connectivity index (χ1n) is 37.9. The predicted molar refractivity (Wildman–Crippen MR) is 441 cm³/mol. The lowest BCUT2D eigenvalue weighted by Gasteiger charge is -2.32. The highest BCUT2D eigenvalue weighted by Gasteiger charge is 2.31. The first-order valence-corrected chi connectivity index (χ1v) is 37.9. The van der Waals surface area contributed by atoms with Crippen molar-refractivity contribution in [2.45, 2.75) is 33.2 Å². The summed E-state index contributed by atoms with van der Waals surface area (Å²) in [6.07, 6.45) is 22.4. The van der Waals surface area contributed by atoms with Crippen LogP contribution in [0.4, 0.5) is 34.5 Å².